The number of hydrogen-bond donors (Lipinski definition) is 0. The van der Waals surface area contributed by atoms with Crippen molar-refractivity contribution in [1.29, 1.82) is 0 Å². The molecule has 0 amide bonds. The van der Waals surface area contributed by atoms with Gasteiger partial charge in [-0.2, -0.15) is 5.10 Å². The molecule has 0 saturated heterocycles. The lowest BCUT2D eigenvalue weighted by Crippen LogP contribution is -2.11. The van der Waals surface area contributed by atoms with Gasteiger partial charge >= 0.3 is 0 Å². The summed E-state index contributed by atoms with van der Waals surface area (Å²) in [5, 5.41) is 17.9. The van der Waals surface area contributed by atoms with E-state index in [1.807, 2.05) is 41.8 Å². The van der Waals surface area contributed by atoms with E-state index in [4.69, 9.17) is 19.2 Å². The molecule has 0 unspecified atom stereocenters. The largest absolute Gasteiger partial charge is 0.497 e. The lowest BCUT2D eigenvalue weighted by molar-refractivity contribution is -0.384. The summed E-state index contributed by atoms with van der Waals surface area (Å²) in [6, 6.07) is 25.8. The standard InChI is InChI=1S/C30H26N4O4S/c1-20(2)21-7-11-24(12-8-21)32-30-33(28(19-39-30)22-9-13-26(37-3)14-10-22)31-18-27-15-16-29(38-27)23-5-4-6-25(17-23)34(35)36/h4-20H,1-3H3. The van der Waals surface area contributed by atoms with Crippen LogP contribution in [0.4, 0.5) is 11.4 Å². The van der Waals surface area contributed by atoms with Crippen LogP contribution in [-0.4, -0.2) is 22.9 Å². The van der Waals surface area contributed by atoms with Gasteiger partial charge in [-0.15, -0.1) is 11.3 Å². The van der Waals surface area contributed by atoms with Crippen LogP contribution in [0.1, 0.15) is 31.1 Å². The number of ether oxygens (including phenoxy) is 1. The molecule has 0 atom stereocenters. The van der Waals surface area contributed by atoms with Gasteiger partial charge in [0.15, 0.2) is 0 Å². The maximum Gasteiger partial charge on any atom is 0.270 e. The summed E-state index contributed by atoms with van der Waals surface area (Å²) in [5.41, 5.74) is 4.52. The van der Waals surface area contributed by atoms with Crippen LogP contribution >= 0.6 is 11.3 Å². The number of nitro benzene ring substituents is 1. The monoisotopic (exact) mass is 538 g/mol. The zero-order valence-corrected chi connectivity index (χ0v) is 22.5. The zero-order valence-electron chi connectivity index (χ0n) is 21.6. The Morgan fingerprint density at radius 1 is 1.00 bits per heavy atom. The first kappa shape index (κ1) is 25.9. The summed E-state index contributed by atoms with van der Waals surface area (Å²) in [4.78, 5) is 16.3. The third-order valence-corrected chi connectivity index (χ3v) is 6.94. The molecule has 5 aromatic rings. The first-order valence-corrected chi connectivity index (χ1v) is 13.2. The van der Waals surface area contributed by atoms with Crippen LogP contribution in [0.2, 0.25) is 0 Å². The lowest BCUT2D eigenvalue weighted by Gasteiger charge is -2.06. The minimum Gasteiger partial charge on any atom is -0.497 e. The molecule has 0 saturated carbocycles. The number of nitrogens with zero attached hydrogens (tertiary/aromatic N) is 4. The number of benzene rings is 3. The van der Waals surface area contributed by atoms with Crippen molar-refractivity contribution in [3.8, 4) is 28.3 Å². The van der Waals surface area contributed by atoms with E-state index in [2.05, 4.69) is 26.0 Å². The summed E-state index contributed by atoms with van der Waals surface area (Å²) < 4.78 is 13.0. The van der Waals surface area contributed by atoms with E-state index in [1.165, 1.54) is 29.0 Å². The molecule has 0 aliphatic carbocycles. The number of methoxy groups -OCH3 is 1. The topological polar surface area (TPSA) is 95.2 Å². The van der Waals surface area contributed by atoms with E-state index in [-0.39, 0.29) is 5.69 Å². The summed E-state index contributed by atoms with van der Waals surface area (Å²) in [6.07, 6.45) is 1.61. The van der Waals surface area contributed by atoms with E-state index in [9.17, 15) is 10.1 Å². The van der Waals surface area contributed by atoms with Gasteiger partial charge in [0.05, 0.1) is 29.6 Å². The average molecular weight is 539 g/mol. The van der Waals surface area contributed by atoms with E-state index in [1.54, 1.807) is 42.3 Å². The van der Waals surface area contributed by atoms with E-state index < -0.39 is 4.92 Å². The molecule has 0 fully saturated rings. The molecule has 196 valence electrons. The number of aromatic nitrogens is 1. The highest BCUT2D eigenvalue weighted by Gasteiger charge is 2.11. The Kier molecular flexibility index (Phi) is 7.51. The summed E-state index contributed by atoms with van der Waals surface area (Å²) in [5.74, 6) is 2.23. The fraction of sp³-hybridized carbons (Fsp3) is 0.133. The van der Waals surface area contributed by atoms with Gasteiger partial charge in [0.25, 0.3) is 5.69 Å². The second kappa shape index (κ2) is 11.3. The number of non-ortho nitro benzene ring substituents is 1. The maximum atomic E-state index is 11.2. The van der Waals surface area contributed by atoms with Gasteiger partial charge < -0.3 is 9.15 Å². The van der Waals surface area contributed by atoms with Crippen LogP contribution in [-0.2, 0) is 0 Å². The molecule has 2 aromatic heterocycles. The van der Waals surface area contributed by atoms with Crippen LogP contribution in [0.15, 0.2) is 105 Å². The van der Waals surface area contributed by atoms with Crippen LogP contribution in [0.3, 0.4) is 0 Å². The molecule has 0 aliphatic rings. The number of rotatable bonds is 8. The number of hydrogen-bond acceptors (Lipinski definition) is 7. The molecule has 0 radical (unpaired) electrons. The third-order valence-electron chi connectivity index (χ3n) is 6.12. The van der Waals surface area contributed by atoms with Gasteiger partial charge in [-0.3, -0.25) is 10.1 Å². The van der Waals surface area contributed by atoms with Crippen molar-refractivity contribution in [2.45, 2.75) is 19.8 Å². The first-order chi connectivity index (χ1) is 18.9. The molecule has 2 heterocycles. The van der Waals surface area contributed by atoms with Gasteiger partial charge in [-0.25, -0.2) is 9.67 Å². The highest BCUT2D eigenvalue weighted by molar-refractivity contribution is 7.07. The summed E-state index contributed by atoms with van der Waals surface area (Å²) >= 11 is 1.48. The Morgan fingerprint density at radius 2 is 1.77 bits per heavy atom. The highest BCUT2D eigenvalue weighted by Crippen LogP contribution is 2.27. The summed E-state index contributed by atoms with van der Waals surface area (Å²) in [7, 11) is 1.64. The third kappa shape index (κ3) is 5.89. The number of thiazole rings is 1. The fourth-order valence-electron chi connectivity index (χ4n) is 3.96. The van der Waals surface area contributed by atoms with Gasteiger partial charge in [0, 0.05) is 28.6 Å². The molecule has 0 spiro atoms. The average Bonchev–Trinajstić information content (AvgIpc) is 3.59. The molecule has 0 N–H and O–H groups in total. The van der Waals surface area contributed by atoms with Crippen molar-refractivity contribution in [3.63, 3.8) is 0 Å². The molecule has 0 aliphatic heterocycles. The normalized spacial score (nSPS) is 11.9. The number of nitro groups is 1. The van der Waals surface area contributed by atoms with Gasteiger partial charge in [0.1, 0.15) is 17.3 Å². The molecule has 39 heavy (non-hydrogen) atoms. The Hall–Kier alpha value is -4.76. The minimum absolute atomic E-state index is 0.00441. The van der Waals surface area contributed by atoms with Crippen molar-refractivity contribution in [2.24, 2.45) is 10.1 Å². The minimum atomic E-state index is -0.426. The van der Waals surface area contributed by atoms with Crippen molar-refractivity contribution < 1.29 is 14.1 Å². The van der Waals surface area contributed by atoms with E-state index >= 15 is 0 Å². The Balaban J connectivity index is 1.52. The molecule has 0 bridgehead atoms. The van der Waals surface area contributed by atoms with Gasteiger partial charge in [-0.1, -0.05) is 38.1 Å². The Morgan fingerprint density at radius 3 is 2.46 bits per heavy atom. The molecule has 5 rings (SSSR count). The van der Waals surface area contributed by atoms with Crippen LogP contribution < -0.4 is 9.54 Å². The predicted octanol–water partition coefficient (Wildman–Crippen LogP) is 7.63. The molecular weight excluding hydrogens is 512 g/mol. The second-order valence-corrected chi connectivity index (χ2v) is 9.89. The second-order valence-electron chi connectivity index (χ2n) is 9.06. The Bertz CT molecular complexity index is 1690. The molecular formula is C30H26N4O4S. The van der Waals surface area contributed by atoms with Crippen LogP contribution in [0, 0.1) is 10.1 Å². The summed E-state index contributed by atoms with van der Waals surface area (Å²) in [6.45, 7) is 4.32. The zero-order chi connectivity index (χ0) is 27.4. The van der Waals surface area contributed by atoms with Crippen molar-refractivity contribution in [1.82, 2.24) is 4.68 Å². The predicted molar refractivity (Wildman–Crippen MR) is 154 cm³/mol. The number of furan rings is 1. The van der Waals surface area contributed by atoms with Crippen molar-refractivity contribution in [3.05, 3.63) is 117 Å². The molecule has 9 heteroatoms. The smallest absolute Gasteiger partial charge is 0.270 e. The van der Waals surface area contributed by atoms with Gasteiger partial charge in [0.2, 0.25) is 4.80 Å². The SMILES string of the molecule is COc1ccc(-c2csc(=Nc3ccc(C(C)C)cc3)n2N=Cc2ccc(-c3cccc([N+](=O)[O-])c3)o2)cc1. The fourth-order valence-corrected chi connectivity index (χ4v) is 4.81. The van der Waals surface area contributed by atoms with Crippen molar-refractivity contribution >= 4 is 28.9 Å². The van der Waals surface area contributed by atoms with Crippen molar-refractivity contribution in [2.75, 3.05) is 7.11 Å². The Labute approximate surface area is 229 Å². The van der Waals surface area contributed by atoms with E-state index in [0.717, 1.165) is 22.7 Å². The maximum absolute atomic E-state index is 11.2. The quantitative estimate of drug-likeness (QED) is 0.115. The van der Waals surface area contributed by atoms with Crippen LogP contribution in [0.25, 0.3) is 22.6 Å². The highest BCUT2D eigenvalue weighted by atomic mass is 32.1. The molecule has 8 nitrogen and oxygen atoms in total. The first-order valence-electron chi connectivity index (χ1n) is 12.3. The van der Waals surface area contributed by atoms with Gasteiger partial charge in [-0.05, 0) is 60.0 Å². The molecule has 3 aromatic carbocycles. The van der Waals surface area contributed by atoms with Crippen LogP contribution in [0.5, 0.6) is 5.75 Å². The lowest BCUT2D eigenvalue weighted by atomic mass is 10.0. The van der Waals surface area contributed by atoms with E-state index in [0.29, 0.717) is 27.8 Å².